The van der Waals surface area contributed by atoms with Gasteiger partial charge in [0.1, 0.15) is 23.9 Å². The molecular formula is C27H26F5N2O4S+. The standard InChI is InChI=1S/C27H25F5N2O4S/c1-37-21-6-8-23(9-7-21)39(35,36)34-16-19(24-10-5-20(28)14-25(24)34)11-12-33-15-18-3-2-4-22(13-18)38-17-27(31,32)26(29)30/h2-10,13-14,16,26,33H,11-12,15,17H2,1H3/p+1. The highest BCUT2D eigenvalue weighted by Gasteiger charge is 2.41. The average molecular weight is 570 g/mol. The number of methoxy groups -OCH3 is 1. The number of halogens is 5. The molecule has 6 nitrogen and oxygen atoms in total. The number of rotatable bonds is 12. The maximum atomic E-state index is 14.1. The zero-order valence-electron chi connectivity index (χ0n) is 20.8. The van der Waals surface area contributed by atoms with E-state index in [1.54, 1.807) is 12.1 Å². The van der Waals surface area contributed by atoms with Gasteiger partial charge >= 0.3 is 12.3 Å². The lowest BCUT2D eigenvalue weighted by Gasteiger charge is -2.16. The zero-order valence-corrected chi connectivity index (χ0v) is 21.6. The van der Waals surface area contributed by atoms with Gasteiger partial charge in [0.15, 0.2) is 6.61 Å². The normalized spacial score (nSPS) is 12.3. The molecule has 0 atom stereocenters. The number of nitrogens with two attached hydrogens (primary N) is 1. The van der Waals surface area contributed by atoms with Crippen LogP contribution in [0.5, 0.6) is 11.5 Å². The summed E-state index contributed by atoms with van der Waals surface area (Å²) in [5.74, 6) is -4.27. The van der Waals surface area contributed by atoms with Crippen LogP contribution in [0.3, 0.4) is 0 Å². The van der Waals surface area contributed by atoms with Crippen LogP contribution < -0.4 is 14.8 Å². The number of quaternary nitrogens is 1. The number of benzene rings is 3. The van der Waals surface area contributed by atoms with Crippen LogP contribution in [0.1, 0.15) is 11.1 Å². The van der Waals surface area contributed by atoms with Gasteiger partial charge in [-0.05, 0) is 60.2 Å². The summed E-state index contributed by atoms with van der Waals surface area (Å²) >= 11 is 0. The molecule has 0 bridgehead atoms. The summed E-state index contributed by atoms with van der Waals surface area (Å²) in [7, 11) is -2.55. The highest BCUT2D eigenvalue weighted by atomic mass is 32.2. The number of hydrogen-bond donors (Lipinski definition) is 1. The van der Waals surface area contributed by atoms with Crippen LogP contribution in [0.2, 0.25) is 0 Å². The first-order valence-electron chi connectivity index (χ1n) is 11.9. The molecule has 0 aliphatic heterocycles. The minimum absolute atomic E-state index is 0.0241. The molecule has 3 aromatic carbocycles. The number of alkyl halides is 4. The minimum atomic E-state index is -4.24. The Bertz CT molecular complexity index is 1540. The van der Waals surface area contributed by atoms with E-state index in [0.29, 0.717) is 36.2 Å². The third-order valence-electron chi connectivity index (χ3n) is 6.08. The fourth-order valence-electron chi connectivity index (χ4n) is 4.03. The van der Waals surface area contributed by atoms with Crippen molar-refractivity contribution in [1.82, 2.24) is 3.97 Å². The van der Waals surface area contributed by atoms with Crippen LogP contribution in [0, 0.1) is 5.82 Å². The van der Waals surface area contributed by atoms with Crippen molar-refractivity contribution in [3.8, 4) is 11.5 Å². The fourth-order valence-corrected chi connectivity index (χ4v) is 5.41. The van der Waals surface area contributed by atoms with Gasteiger partial charge in [-0.15, -0.1) is 0 Å². The van der Waals surface area contributed by atoms with Crippen molar-refractivity contribution in [2.75, 3.05) is 20.3 Å². The summed E-state index contributed by atoms with van der Waals surface area (Å²) < 4.78 is 103. The summed E-state index contributed by atoms with van der Waals surface area (Å²) in [6.07, 6.45) is -1.89. The van der Waals surface area contributed by atoms with Gasteiger partial charge in [0.05, 0.1) is 24.1 Å². The van der Waals surface area contributed by atoms with Gasteiger partial charge in [0.25, 0.3) is 10.0 Å². The van der Waals surface area contributed by atoms with E-state index in [4.69, 9.17) is 9.47 Å². The Kier molecular flexibility index (Phi) is 8.45. The summed E-state index contributed by atoms with van der Waals surface area (Å²) in [6.45, 7) is -0.477. The topological polar surface area (TPSA) is 74.1 Å². The van der Waals surface area contributed by atoms with Gasteiger partial charge in [-0.2, -0.15) is 8.78 Å². The van der Waals surface area contributed by atoms with Gasteiger partial charge in [-0.25, -0.2) is 25.6 Å². The van der Waals surface area contributed by atoms with E-state index >= 15 is 0 Å². The second kappa shape index (κ2) is 11.6. The van der Waals surface area contributed by atoms with Crippen molar-refractivity contribution in [1.29, 1.82) is 0 Å². The van der Waals surface area contributed by atoms with E-state index in [9.17, 15) is 30.4 Å². The van der Waals surface area contributed by atoms with Crippen LogP contribution >= 0.6 is 0 Å². The third kappa shape index (κ3) is 6.51. The van der Waals surface area contributed by atoms with E-state index in [-0.39, 0.29) is 16.2 Å². The summed E-state index contributed by atoms with van der Waals surface area (Å²) in [4.78, 5) is 0.0241. The molecule has 0 aliphatic carbocycles. The third-order valence-corrected chi connectivity index (χ3v) is 7.77. The lowest BCUT2D eigenvalue weighted by molar-refractivity contribution is -0.670. The maximum Gasteiger partial charge on any atom is 0.340 e. The molecule has 0 spiro atoms. The molecule has 208 valence electrons. The number of ether oxygens (including phenoxy) is 2. The first kappa shape index (κ1) is 28.4. The quantitative estimate of drug-likeness (QED) is 0.200. The maximum absolute atomic E-state index is 14.1. The lowest BCUT2D eigenvalue weighted by atomic mass is 10.1. The Morgan fingerprint density at radius 1 is 1.00 bits per heavy atom. The molecule has 0 radical (unpaired) electrons. The van der Waals surface area contributed by atoms with Crippen molar-refractivity contribution in [2.45, 2.75) is 30.2 Å². The molecule has 2 N–H and O–H groups in total. The van der Waals surface area contributed by atoms with E-state index in [1.807, 2.05) is 5.32 Å². The monoisotopic (exact) mass is 569 g/mol. The van der Waals surface area contributed by atoms with Crippen molar-refractivity contribution >= 4 is 20.9 Å². The van der Waals surface area contributed by atoms with Gasteiger partial charge in [0, 0.05) is 23.6 Å². The SMILES string of the molecule is COc1ccc(S(=O)(=O)n2cc(CC[NH2+]Cc3cccc(OCC(F)(F)C(F)F)c3)c3ccc(F)cc32)cc1. The molecule has 1 heterocycles. The van der Waals surface area contributed by atoms with Gasteiger partial charge in [-0.1, -0.05) is 12.1 Å². The van der Waals surface area contributed by atoms with Crippen molar-refractivity contribution < 1.29 is 45.2 Å². The molecular weight excluding hydrogens is 543 g/mol. The second-order valence-electron chi connectivity index (χ2n) is 8.82. The van der Waals surface area contributed by atoms with E-state index in [0.717, 1.165) is 9.54 Å². The Morgan fingerprint density at radius 3 is 2.44 bits per heavy atom. The molecule has 0 saturated heterocycles. The highest BCUT2D eigenvalue weighted by molar-refractivity contribution is 7.90. The predicted molar refractivity (Wildman–Crippen MR) is 135 cm³/mol. The Hall–Kier alpha value is -3.64. The minimum Gasteiger partial charge on any atom is -0.497 e. The molecule has 0 aliphatic rings. The van der Waals surface area contributed by atoms with Crippen LogP contribution in [-0.4, -0.2) is 45.0 Å². The van der Waals surface area contributed by atoms with Crippen molar-refractivity contribution in [2.24, 2.45) is 0 Å². The van der Waals surface area contributed by atoms with Crippen molar-refractivity contribution in [3.05, 3.63) is 89.9 Å². The number of fused-ring (bicyclic) bond motifs is 1. The molecule has 0 unspecified atom stereocenters. The number of hydrogen-bond acceptors (Lipinski definition) is 4. The molecule has 0 fully saturated rings. The summed E-state index contributed by atoms with van der Waals surface area (Å²) in [5, 5.41) is 2.51. The van der Waals surface area contributed by atoms with Gasteiger partial charge < -0.3 is 14.8 Å². The predicted octanol–water partition coefficient (Wildman–Crippen LogP) is 4.61. The average Bonchev–Trinajstić information content (AvgIpc) is 3.28. The Labute approximate surface area is 222 Å². The molecule has 12 heteroatoms. The lowest BCUT2D eigenvalue weighted by Crippen LogP contribution is -2.83. The smallest absolute Gasteiger partial charge is 0.340 e. The molecule has 39 heavy (non-hydrogen) atoms. The second-order valence-corrected chi connectivity index (χ2v) is 10.6. The van der Waals surface area contributed by atoms with E-state index in [2.05, 4.69) is 0 Å². The summed E-state index contributed by atoms with van der Waals surface area (Å²) in [5.41, 5.74) is 1.63. The zero-order chi connectivity index (χ0) is 28.2. The van der Waals surface area contributed by atoms with Crippen LogP contribution in [0.4, 0.5) is 22.0 Å². The number of nitrogens with zero attached hydrogens (tertiary/aromatic N) is 1. The Balaban J connectivity index is 1.46. The molecule has 4 rings (SSSR count). The van der Waals surface area contributed by atoms with Gasteiger partial charge in [0.2, 0.25) is 0 Å². The van der Waals surface area contributed by atoms with Gasteiger partial charge in [-0.3, -0.25) is 0 Å². The first-order valence-corrected chi connectivity index (χ1v) is 13.3. The molecule has 4 aromatic rings. The highest BCUT2D eigenvalue weighted by Crippen LogP contribution is 2.28. The molecule has 0 amide bonds. The van der Waals surface area contributed by atoms with E-state index in [1.165, 1.54) is 67.9 Å². The van der Waals surface area contributed by atoms with Crippen molar-refractivity contribution in [3.63, 3.8) is 0 Å². The number of aromatic nitrogens is 1. The Morgan fingerprint density at radius 2 is 1.74 bits per heavy atom. The summed E-state index contributed by atoms with van der Waals surface area (Å²) in [6, 6.07) is 16.1. The molecule has 1 aromatic heterocycles. The fraction of sp³-hybridized carbons (Fsp3) is 0.259. The van der Waals surface area contributed by atoms with E-state index < -0.39 is 34.8 Å². The van der Waals surface area contributed by atoms with Crippen LogP contribution in [-0.2, 0) is 23.0 Å². The largest absolute Gasteiger partial charge is 0.497 e. The van der Waals surface area contributed by atoms with Crippen LogP contribution in [0.25, 0.3) is 10.9 Å². The van der Waals surface area contributed by atoms with Crippen LogP contribution in [0.15, 0.2) is 77.8 Å². The first-order chi connectivity index (χ1) is 18.5. The molecule has 0 saturated carbocycles.